The van der Waals surface area contributed by atoms with Crippen LogP contribution in [0.25, 0.3) is 0 Å². The molecule has 150 valence electrons. The minimum Gasteiger partial charge on any atom is -0.379 e. The fourth-order valence-corrected chi connectivity index (χ4v) is 4.45. The predicted octanol–water partition coefficient (Wildman–Crippen LogP) is -2.39. The van der Waals surface area contributed by atoms with Crippen LogP contribution < -0.4 is 10.0 Å². The van der Waals surface area contributed by atoms with Crippen molar-refractivity contribution in [2.45, 2.75) is 13.2 Å². The zero-order chi connectivity index (χ0) is 19.0. The number of nitrogens with one attached hydrogen (secondary N) is 2. The van der Waals surface area contributed by atoms with Crippen molar-refractivity contribution in [3.63, 3.8) is 0 Å². The Hall–Kier alpha value is -0.350. The Bertz CT molecular complexity index is 639. The molecule has 0 aromatic heterocycles. The van der Waals surface area contributed by atoms with Crippen molar-refractivity contribution < 1.29 is 38.9 Å². The minimum atomic E-state index is -3.15. The Labute approximate surface area is 148 Å². The number of hydrogen-bond acceptors (Lipinski definition) is 10. The van der Waals surface area contributed by atoms with Gasteiger partial charge < -0.3 is 9.47 Å². The lowest BCUT2D eigenvalue weighted by atomic mass is 10.7. The van der Waals surface area contributed by atoms with Crippen LogP contribution in [0, 0.1) is 0 Å². The maximum atomic E-state index is 10.7. The predicted molar refractivity (Wildman–Crippen MR) is 89.6 cm³/mol. The van der Waals surface area contributed by atoms with Gasteiger partial charge in [0.1, 0.15) is 13.0 Å². The molecular formula is C11H24N2O9S3. The Morgan fingerprint density at radius 3 is 1.80 bits per heavy atom. The molecule has 1 unspecified atom stereocenters. The molecule has 25 heavy (non-hydrogen) atoms. The van der Waals surface area contributed by atoms with Gasteiger partial charge in [0.15, 0.2) is 9.84 Å². The van der Waals surface area contributed by atoms with Gasteiger partial charge in [0.25, 0.3) is 10.1 Å². The molecular weight excluding hydrogens is 400 g/mol. The van der Waals surface area contributed by atoms with Crippen molar-refractivity contribution in [1.29, 1.82) is 0 Å². The molecule has 0 aliphatic carbocycles. The van der Waals surface area contributed by atoms with E-state index in [1.807, 2.05) is 0 Å². The van der Waals surface area contributed by atoms with E-state index in [-0.39, 0.29) is 36.0 Å². The van der Waals surface area contributed by atoms with Gasteiger partial charge in [-0.05, 0) is 6.92 Å². The van der Waals surface area contributed by atoms with Crippen molar-refractivity contribution in [3.05, 3.63) is 0 Å². The molecule has 14 heteroatoms. The van der Waals surface area contributed by atoms with Crippen molar-refractivity contribution in [1.82, 2.24) is 10.0 Å². The highest BCUT2D eigenvalue weighted by Crippen LogP contribution is 1.98. The molecule has 3 rings (SSSR count). The molecule has 0 saturated carbocycles. The summed E-state index contributed by atoms with van der Waals surface area (Å²) in [5.74, 6) is 0.574. The largest absolute Gasteiger partial charge is 0.379 e. The molecule has 2 N–H and O–H groups in total. The number of hydrogen-bond donors (Lipinski definition) is 2. The van der Waals surface area contributed by atoms with Crippen LogP contribution in [0.15, 0.2) is 0 Å². The molecule has 3 aliphatic heterocycles. The summed E-state index contributed by atoms with van der Waals surface area (Å²) >= 11 is 0. The van der Waals surface area contributed by atoms with Gasteiger partial charge >= 0.3 is 0 Å². The van der Waals surface area contributed by atoms with Crippen LogP contribution in [-0.4, -0.2) is 87.6 Å². The summed E-state index contributed by atoms with van der Waals surface area (Å²) in [5.41, 5.74) is 0. The standard InChI is InChI=1S/C4H9NO3S.C4H8O3S.C3H7NO3S/c1-4-5-9(6,7)3-2-8-4;5-8(6)3-1-7-2-4-8;5-8(6)2-1-4-3-7-8/h4-5H,2-3H2,1H3;1-4H2;4H,1-3H2. The van der Waals surface area contributed by atoms with Crippen LogP contribution in [0.2, 0.25) is 0 Å². The lowest BCUT2D eigenvalue weighted by Crippen LogP contribution is -2.42. The minimum absolute atomic E-state index is 0.0807. The van der Waals surface area contributed by atoms with E-state index in [4.69, 9.17) is 9.47 Å². The molecule has 0 spiro atoms. The van der Waals surface area contributed by atoms with Crippen LogP contribution in [0.4, 0.5) is 0 Å². The first kappa shape index (κ1) is 22.7. The third-order valence-corrected chi connectivity index (χ3v) is 7.17. The molecule has 3 saturated heterocycles. The van der Waals surface area contributed by atoms with Gasteiger partial charge in [0.05, 0.1) is 42.8 Å². The fourth-order valence-electron chi connectivity index (χ4n) is 1.72. The first-order chi connectivity index (χ1) is 11.5. The van der Waals surface area contributed by atoms with Gasteiger partial charge in [-0.2, -0.15) is 13.1 Å². The van der Waals surface area contributed by atoms with Crippen molar-refractivity contribution in [3.8, 4) is 0 Å². The molecule has 3 aliphatic rings. The molecule has 1 atom stereocenters. The third-order valence-electron chi connectivity index (χ3n) is 3.01. The molecule has 0 bridgehead atoms. The average molecular weight is 425 g/mol. The quantitative estimate of drug-likeness (QED) is 0.402. The van der Waals surface area contributed by atoms with Gasteiger partial charge in [-0.25, -0.2) is 16.8 Å². The first-order valence-electron chi connectivity index (χ1n) is 7.49. The highest BCUT2D eigenvalue weighted by Gasteiger charge is 2.19. The van der Waals surface area contributed by atoms with Crippen LogP contribution in [-0.2, 0) is 43.6 Å². The lowest BCUT2D eigenvalue weighted by molar-refractivity contribution is 0.0600. The molecule has 0 aromatic rings. The Morgan fingerprint density at radius 1 is 0.880 bits per heavy atom. The maximum absolute atomic E-state index is 10.7. The zero-order valence-corrected chi connectivity index (χ0v) is 16.3. The second-order valence-electron chi connectivity index (χ2n) is 5.24. The summed E-state index contributed by atoms with van der Waals surface area (Å²) in [4.78, 5) is 0. The summed E-state index contributed by atoms with van der Waals surface area (Å²) in [5, 5.41) is 2.74. The number of rotatable bonds is 0. The van der Waals surface area contributed by atoms with E-state index in [1.54, 1.807) is 6.92 Å². The highest BCUT2D eigenvalue weighted by molar-refractivity contribution is 7.91. The molecule has 0 radical (unpaired) electrons. The van der Waals surface area contributed by atoms with Crippen LogP contribution in [0.1, 0.15) is 6.92 Å². The van der Waals surface area contributed by atoms with Crippen molar-refractivity contribution in [2.75, 3.05) is 56.1 Å². The maximum Gasteiger partial charge on any atom is 0.269 e. The monoisotopic (exact) mass is 424 g/mol. The van der Waals surface area contributed by atoms with Crippen molar-refractivity contribution in [2.24, 2.45) is 0 Å². The van der Waals surface area contributed by atoms with Gasteiger partial charge in [-0.1, -0.05) is 0 Å². The second-order valence-corrected chi connectivity index (χ2v) is 11.2. The average Bonchev–Trinajstić information content (AvgIpc) is 2.46. The fraction of sp³-hybridized carbons (Fsp3) is 1.00. The first-order valence-corrected chi connectivity index (χ1v) is 12.5. The van der Waals surface area contributed by atoms with E-state index in [9.17, 15) is 25.3 Å². The van der Waals surface area contributed by atoms with E-state index in [1.165, 1.54) is 0 Å². The zero-order valence-electron chi connectivity index (χ0n) is 13.8. The van der Waals surface area contributed by atoms with Crippen LogP contribution >= 0.6 is 0 Å². The van der Waals surface area contributed by atoms with E-state index in [0.29, 0.717) is 26.4 Å². The topological polar surface area (TPSA) is 154 Å². The summed E-state index contributed by atoms with van der Waals surface area (Å²) < 4.78 is 79.6. The number of sulfonamides is 1. The molecule has 3 fully saturated rings. The van der Waals surface area contributed by atoms with Crippen LogP contribution in [0.3, 0.4) is 0 Å². The lowest BCUT2D eigenvalue weighted by Gasteiger charge is -2.19. The van der Waals surface area contributed by atoms with Crippen molar-refractivity contribution >= 4 is 30.0 Å². The second kappa shape index (κ2) is 10.1. The highest BCUT2D eigenvalue weighted by atomic mass is 32.2. The van der Waals surface area contributed by atoms with E-state index in [2.05, 4.69) is 14.2 Å². The van der Waals surface area contributed by atoms with Gasteiger partial charge in [0.2, 0.25) is 10.0 Å². The van der Waals surface area contributed by atoms with Gasteiger partial charge in [0, 0.05) is 6.54 Å². The molecule has 0 amide bonds. The molecule has 11 nitrogen and oxygen atoms in total. The SMILES string of the molecule is CC1NS(=O)(=O)CCO1.O=S1(=O)CCNCO1.O=S1(=O)CCOCC1. The van der Waals surface area contributed by atoms with E-state index in [0.717, 1.165) is 0 Å². The Balaban J connectivity index is 0.000000188. The summed E-state index contributed by atoms with van der Waals surface area (Å²) in [7, 11) is -8.86. The summed E-state index contributed by atoms with van der Waals surface area (Å²) in [6, 6.07) is 0. The van der Waals surface area contributed by atoms with Gasteiger partial charge in [-0.3, -0.25) is 9.50 Å². The summed E-state index contributed by atoms with van der Waals surface area (Å²) in [6.07, 6.45) is -0.358. The smallest absolute Gasteiger partial charge is 0.269 e. The molecule has 3 heterocycles. The van der Waals surface area contributed by atoms with E-state index < -0.39 is 30.0 Å². The molecule has 0 aromatic carbocycles. The van der Waals surface area contributed by atoms with E-state index >= 15 is 0 Å². The normalized spacial score (nSPS) is 29.9. The number of ether oxygens (including phenoxy) is 2. The van der Waals surface area contributed by atoms with Gasteiger partial charge in [-0.15, -0.1) is 0 Å². The van der Waals surface area contributed by atoms with Crippen LogP contribution in [0.5, 0.6) is 0 Å². The Morgan fingerprint density at radius 2 is 1.52 bits per heavy atom. The third kappa shape index (κ3) is 11.1. The summed E-state index contributed by atoms with van der Waals surface area (Å²) in [6.45, 7) is 3.35. The Kier molecular flexibility index (Phi) is 9.17. The number of sulfone groups is 1.